The largest absolute Gasteiger partial charge is 0.493 e. The van der Waals surface area contributed by atoms with Crippen molar-refractivity contribution in [1.82, 2.24) is 15.1 Å². The van der Waals surface area contributed by atoms with E-state index in [1.54, 1.807) is 32.1 Å². The van der Waals surface area contributed by atoms with Crippen LogP contribution in [-0.2, 0) is 6.54 Å². The zero-order valence-corrected chi connectivity index (χ0v) is 15.5. The Hall–Kier alpha value is -3.03. The summed E-state index contributed by atoms with van der Waals surface area (Å²) in [6, 6.07) is 3.63. The fourth-order valence-corrected chi connectivity index (χ4v) is 3.07. The predicted molar refractivity (Wildman–Crippen MR) is 97.3 cm³/mol. The van der Waals surface area contributed by atoms with E-state index in [1.807, 2.05) is 19.9 Å². The number of fused-ring (bicyclic) bond motifs is 1. The van der Waals surface area contributed by atoms with Gasteiger partial charge < -0.3 is 19.5 Å². The first kappa shape index (κ1) is 17.8. The molecule has 0 unspecified atom stereocenters. The number of aliphatic imine (C=N–C) groups is 1. The second-order valence-electron chi connectivity index (χ2n) is 5.72. The molecule has 0 aliphatic carbocycles. The van der Waals surface area contributed by atoms with Crippen molar-refractivity contribution >= 4 is 17.3 Å². The molecule has 0 saturated carbocycles. The minimum Gasteiger partial charge on any atom is -0.493 e. The summed E-state index contributed by atoms with van der Waals surface area (Å²) in [5.74, 6) is 1.35. The van der Waals surface area contributed by atoms with E-state index in [4.69, 9.17) is 19.2 Å². The van der Waals surface area contributed by atoms with Crippen molar-refractivity contribution < 1.29 is 19.0 Å². The Balaban J connectivity index is 2.20. The van der Waals surface area contributed by atoms with Crippen molar-refractivity contribution in [3.8, 4) is 17.2 Å². The smallest absolute Gasteiger partial charge is 0.272 e. The molecule has 138 valence electrons. The van der Waals surface area contributed by atoms with E-state index >= 15 is 0 Å². The lowest BCUT2D eigenvalue weighted by atomic mass is 10.1. The Morgan fingerprint density at radius 1 is 1.15 bits per heavy atom. The minimum absolute atomic E-state index is 0.194. The van der Waals surface area contributed by atoms with Crippen LogP contribution in [0.25, 0.3) is 0 Å². The molecule has 1 aromatic heterocycles. The van der Waals surface area contributed by atoms with Gasteiger partial charge in [-0.2, -0.15) is 5.10 Å². The fraction of sp³-hybridized carbons (Fsp3) is 0.389. The number of nitrogens with one attached hydrogen (secondary N) is 1. The van der Waals surface area contributed by atoms with Crippen molar-refractivity contribution in [2.45, 2.75) is 20.4 Å². The highest BCUT2D eigenvalue weighted by atomic mass is 16.5. The number of nitrogens with zero attached hydrogens (tertiary/aromatic N) is 3. The van der Waals surface area contributed by atoms with Crippen LogP contribution >= 0.6 is 0 Å². The van der Waals surface area contributed by atoms with Gasteiger partial charge >= 0.3 is 0 Å². The lowest BCUT2D eigenvalue weighted by molar-refractivity contribution is 0.0950. The minimum atomic E-state index is -0.194. The zero-order valence-electron chi connectivity index (χ0n) is 15.5. The topological polar surface area (TPSA) is 87.0 Å². The van der Waals surface area contributed by atoms with Gasteiger partial charge in [0.1, 0.15) is 5.69 Å². The number of methoxy groups -OCH3 is 3. The number of ether oxygens (including phenoxy) is 3. The standard InChI is InChI=1S/C18H22N4O4/c1-6-22-15-14(10(2)21-22)20-12(9-19-18(15)23)11-7-8-13(24-3)17(26-5)16(11)25-4/h7-8H,6,9H2,1-5H3,(H,19,23). The maximum Gasteiger partial charge on any atom is 0.272 e. The van der Waals surface area contributed by atoms with E-state index in [-0.39, 0.29) is 12.5 Å². The highest BCUT2D eigenvalue weighted by molar-refractivity contribution is 6.12. The van der Waals surface area contributed by atoms with Crippen molar-refractivity contribution in [3.05, 3.63) is 29.1 Å². The Morgan fingerprint density at radius 3 is 2.50 bits per heavy atom. The number of hydrogen-bond donors (Lipinski definition) is 1. The third-order valence-electron chi connectivity index (χ3n) is 4.29. The van der Waals surface area contributed by atoms with Gasteiger partial charge in [0.05, 0.1) is 39.3 Å². The second-order valence-corrected chi connectivity index (χ2v) is 5.72. The first-order valence-corrected chi connectivity index (χ1v) is 8.28. The van der Waals surface area contributed by atoms with Gasteiger partial charge in [-0.3, -0.25) is 9.48 Å². The maximum atomic E-state index is 12.5. The molecule has 1 aliphatic heterocycles. The highest BCUT2D eigenvalue weighted by Crippen LogP contribution is 2.40. The molecule has 0 atom stereocenters. The van der Waals surface area contributed by atoms with Gasteiger partial charge in [0.2, 0.25) is 5.75 Å². The second kappa shape index (κ2) is 7.07. The quantitative estimate of drug-likeness (QED) is 0.884. The summed E-state index contributed by atoms with van der Waals surface area (Å²) in [5, 5.41) is 7.30. The lowest BCUT2D eigenvalue weighted by Gasteiger charge is -2.16. The molecule has 0 bridgehead atoms. The molecule has 1 amide bonds. The predicted octanol–water partition coefficient (Wildman–Crippen LogP) is 2.10. The Morgan fingerprint density at radius 2 is 1.88 bits per heavy atom. The van der Waals surface area contributed by atoms with Gasteiger partial charge in [-0.15, -0.1) is 0 Å². The molecule has 2 heterocycles. The van der Waals surface area contributed by atoms with Gasteiger partial charge in [0.25, 0.3) is 5.91 Å². The van der Waals surface area contributed by atoms with E-state index in [9.17, 15) is 4.79 Å². The van der Waals surface area contributed by atoms with E-state index in [1.165, 1.54) is 0 Å². The van der Waals surface area contributed by atoms with Crippen LogP contribution in [0.1, 0.15) is 28.7 Å². The molecule has 0 spiro atoms. The average Bonchev–Trinajstić information content (AvgIpc) is 2.87. The third kappa shape index (κ3) is 2.77. The van der Waals surface area contributed by atoms with Gasteiger partial charge in [-0.25, -0.2) is 4.99 Å². The third-order valence-corrected chi connectivity index (χ3v) is 4.29. The van der Waals surface area contributed by atoms with E-state index in [0.29, 0.717) is 46.6 Å². The molecular formula is C18H22N4O4. The summed E-state index contributed by atoms with van der Waals surface area (Å²) < 4.78 is 18.0. The normalized spacial score (nSPS) is 13.4. The highest BCUT2D eigenvalue weighted by Gasteiger charge is 2.27. The van der Waals surface area contributed by atoms with Gasteiger partial charge in [-0.1, -0.05) is 0 Å². The van der Waals surface area contributed by atoms with Crippen LogP contribution in [0.2, 0.25) is 0 Å². The molecule has 8 heteroatoms. The van der Waals surface area contributed by atoms with Crippen molar-refractivity contribution in [3.63, 3.8) is 0 Å². The molecule has 8 nitrogen and oxygen atoms in total. The van der Waals surface area contributed by atoms with Crippen LogP contribution in [0.4, 0.5) is 5.69 Å². The van der Waals surface area contributed by atoms with Crippen LogP contribution in [0.15, 0.2) is 17.1 Å². The SMILES string of the molecule is CCn1nc(C)c2c1C(=O)NCC(c1ccc(OC)c(OC)c1OC)=N2. The lowest BCUT2D eigenvalue weighted by Crippen LogP contribution is -2.30. The monoisotopic (exact) mass is 358 g/mol. The summed E-state index contributed by atoms with van der Waals surface area (Å²) >= 11 is 0. The van der Waals surface area contributed by atoms with E-state index in [2.05, 4.69) is 10.4 Å². The zero-order chi connectivity index (χ0) is 18.8. The summed E-state index contributed by atoms with van der Waals surface area (Å²) in [6.07, 6.45) is 0. The van der Waals surface area contributed by atoms with Crippen molar-refractivity contribution in [2.24, 2.45) is 4.99 Å². The molecule has 0 radical (unpaired) electrons. The summed E-state index contributed by atoms with van der Waals surface area (Å²) in [6.45, 7) is 4.64. The van der Waals surface area contributed by atoms with Crippen LogP contribution in [0, 0.1) is 6.92 Å². The molecule has 0 saturated heterocycles. The van der Waals surface area contributed by atoms with Gasteiger partial charge in [0.15, 0.2) is 17.2 Å². The number of rotatable bonds is 5. The Kier molecular flexibility index (Phi) is 4.83. The molecule has 1 aliphatic rings. The first-order chi connectivity index (χ1) is 12.5. The van der Waals surface area contributed by atoms with Crippen LogP contribution < -0.4 is 19.5 Å². The Bertz CT molecular complexity index is 886. The number of hydrogen-bond acceptors (Lipinski definition) is 6. The average molecular weight is 358 g/mol. The number of amides is 1. The number of benzene rings is 1. The first-order valence-electron chi connectivity index (χ1n) is 8.28. The van der Waals surface area contributed by atoms with E-state index in [0.717, 1.165) is 5.56 Å². The number of aromatic nitrogens is 2. The van der Waals surface area contributed by atoms with Crippen LogP contribution in [0.3, 0.4) is 0 Å². The molecule has 2 aromatic rings. The van der Waals surface area contributed by atoms with Crippen LogP contribution in [-0.4, -0.2) is 49.3 Å². The number of carbonyl (C=O) groups is 1. The van der Waals surface area contributed by atoms with Crippen molar-refractivity contribution in [2.75, 3.05) is 27.9 Å². The van der Waals surface area contributed by atoms with Crippen LogP contribution in [0.5, 0.6) is 17.2 Å². The summed E-state index contributed by atoms with van der Waals surface area (Å²) in [7, 11) is 4.67. The molecule has 26 heavy (non-hydrogen) atoms. The molecule has 3 rings (SSSR count). The Labute approximate surface area is 151 Å². The van der Waals surface area contributed by atoms with E-state index < -0.39 is 0 Å². The van der Waals surface area contributed by atoms with Crippen molar-refractivity contribution in [1.29, 1.82) is 0 Å². The summed E-state index contributed by atoms with van der Waals surface area (Å²) in [4.78, 5) is 17.3. The molecular weight excluding hydrogens is 336 g/mol. The number of aryl methyl sites for hydroxylation is 2. The summed E-state index contributed by atoms with van der Waals surface area (Å²) in [5.41, 5.74) is 3.14. The van der Waals surface area contributed by atoms with Gasteiger partial charge in [-0.05, 0) is 26.0 Å². The number of carbonyl (C=O) groups excluding carboxylic acids is 1. The fourth-order valence-electron chi connectivity index (χ4n) is 3.07. The van der Waals surface area contributed by atoms with Gasteiger partial charge in [0, 0.05) is 12.1 Å². The molecule has 1 aromatic carbocycles. The maximum absolute atomic E-state index is 12.5. The molecule has 0 fully saturated rings. The molecule has 1 N–H and O–H groups in total.